The molecule has 0 saturated carbocycles. The molecule has 1 aromatic heterocycles. The topological polar surface area (TPSA) is 42.9 Å². The van der Waals surface area contributed by atoms with E-state index in [1.165, 1.54) is 12.4 Å². The van der Waals surface area contributed by atoms with Crippen molar-refractivity contribution < 1.29 is 13.0 Å². The molecule has 3 nitrogen and oxygen atoms in total. The minimum Gasteiger partial charge on any atom is -0.259 e. The molecule has 1 unspecified atom stereocenters. The van der Waals surface area contributed by atoms with Gasteiger partial charge in [0.1, 0.15) is 10.2 Å². The van der Waals surface area contributed by atoms with Gasteiger partial charge in [-0.25, -0.2) is 4.98 Å². The first-order valence-electron chi connectivity index (χ1n) is 3.96. The third-order valence-electron chi connectivity index (χ3n) is 1.42. The van der Waals surface area contributed by atoms with Crippen molar-refractivity contribution in [3.05, 3.63) is 29.7 Å². The summed E-state index contributed by atoms with van der Waals surface area (Å²) in [5.41, 5.74) is 0. The van der Waals surface area contributed by atoms with Gasteiger partial charge < -0.3 is 0 Å². The molecule has 0 N–H and O–H groups in total. The third-order valence-corrected chi connectivity index (χ3v) is 2.87. The van der Waals surface area contributed by atoms with Crippen LogP contribution in [0.2, 0.25) is 5.15 Å². The minimum atomic E-state index is -1.77. The summed E-state index contributed by atoms with van der Waals surface area (Å²) < 4.78 is 34.8. The number of hydrogen-bond donors (Lipinski definition) is 0. The van der Waals surface area contributed by atoms with Crippen LogP contribution in [0.15, 0.2) is 29.6 Å². The fourth-order valence-electron chi connectivity index (χ4n) is 0.815. The number of hydrogen-bond acceptors (Lipinski definition) is 3. The van der Waals surface area contributed by atoms with Gasteiger partial charge in [-0.15, -0.1) is 0 Å². The molecule has 0 aliphatic heterocycles. The van der Waals surface area contributed by atoms with Crippen LogP contribution in [-0.2, 0) is 10.8 Å². The van der Waals surface area contributed by atoms with Gasteiger partial charge in [-0.3, -0.25) is 9.19 Å². The Balaban J connectivity index is 2.58. The second kappa shape index (κ2) is 5.87. The number of aromatic nitrogens is 2. The van der Waals surface area contributed by atoms with Crippen LogP contribution in [0.4, 0.5) is 8.78 Å². The Hall–Kier alpha value is -0.880. The van der Waals surface area contributed by atoms with E-state index in [4.69, 9.17) is 11.6 Å². The van der Waals surface area contributed by atoms with E-state index in [-0.39, 0.29) is 22.4 Å². The Kier molecular flexibility index (Phi) is 4.77. The fourth-order valence-corrected chi connectivity index (χ4v) is 1.93. The van der Waals surface area contributed by atoms with Crippen molar-refractivity contribution in [2.24, 2.45) is 0 Å². The van der Waals surface area contributed by atoms with Crippen LogP contribution in [0.25, 0.3) is 0 Å². The van der Waals surface area contributed by atoms with E-state index in [0.717, 1.165) is 6.08 Å². The first-order valence-corrected chi connectivity index (χ1v) is 5.66. The average molecular weight is 253 g/mol. The van der Waals surface area contributed by atoms with Crippen molar-refractivity contribution in [3.63, 3.8) is 0 Å². The Labute approximate surface area is 92.6 Å². The summed E-state index contributed by atoms with van der Waals surface area (Å²) in [6.45, 7) is 0. The van der Waals surface area contributed by atoms with Crippen molar-refractivity contribution in [1.82, 2.24) is 9.97 Å². The zero-order chi connectivity index (χ0) is 11.3. The zero-order valence-electron chi connectivity index (χ0n) is 7.49. The lowest BCUT2D eigenvalue weighted by atomic mass is 10.5. The second-order valence-corrected chi connectivity index (χ2v) is 4.42. The molecule has 0 spiro atoms. The number of nitrogens with zero attached hydrogens (tertiary/aromatic N) is 2. The summed E-state index contributed by atoms with van der Waals surface area (Å²) in [7, 11) is -1.45. The molecule has 1 atom stereocenters. The van der Waals surface area contributed by atoms with Crippen LogP contribution < -0.4 is 0 Å². The summed E-state index contributed by atoms with van der Waals surface area (Å²) in [5.74, 6) is 0.0758. The number of allylic oxidation sites excluding steroid dienone is 1. The summed E-state index contributed by atoms with van der Waals surface area (Å²) in [4.78, 5) is 7.46. The Morgan fingerprint density at radius 2 is 2.27 bits per heavy atom. The SMILES string of the molecule is O=S(CCC=C(F)F)c1cncc(Cl)n1. The van der Waals surface area contributed by atoms with E-state index >= 15 is 0 Å². The van der Waals surface area contributed by atoms with Crippen LogP contribution >= 0.6 is 11.6 Å². The average Bonchev–Trinajstić information content (AvgIpc) is 2.17. The highest BCUT2D eigenvalue weighted by Gasteiger charge is 2.05. The first-order chi connectivity index (χ1) is 7.09. The van der Waals surface area contributed by atoms with E-state index < -0.39 is 16.9 Å². The van der Waals surface area contributed by atoms with Gasteiger partial charge in [0.25, 0.3) is 6.08 Å². The Morgan fingerprint density at radius 1 is 1.53 bits per heavy atom. The third kappa shape index (κ3) is 4.44. The molecule has 0 fully saturated rings. The standard InChI is InChI=1S/C8H7ClF2N2OS/c9-6-4-12-5-8(13-6)15(14)3-1-2-7(10)11/h2,4-5H,1,3H2. The quantitative estimate of drug-likeness (QED) is 0.826. The summed E-state index contributed by atoms with van der Waals surface area (Å²) in [6, 6.07) is 0. The smallest absolute Gasteiger partial charge is 0.259 e. The molecule has 0 radical (unpaired) electrons. The molecule has 0 amide bonds. The first kappa shape index (κ1) is 12.2. The van der Waals surface area contributed by atoms with Crippen LogP contribution in [-0.4, -0.2) is 19.9 Å². The number of rotatable bonds is 4. The van der Waals surface area contributed by atoms with Crippen molar-refractivity contribution in [1.29, 1.82) is 0 Å². The molecule has 7 heteroatoms. The van der Waals surface area contributed by atoms with E-state index in [1.54, 1.807) is 0 Å². The van der Waals surface area contributed by atoms with Gasteiger partial charge in [-0.05, 0) is 12.5 Å². The van der Waals surface area contributed by atoms with E-state index in [2.05, 4.69) is 9.97 Å². The predicted molar refractivity (Wildman–Crippen MR) is 53.2 cm³/mol. The van der Waals surface area contributed by atoms with Gasteiger partial charge in [-0.1, -0.05) is 11.6 Å². The van der Waals surface area contributed by atoms with Gasteiger partial charge >= 0.3 is 0 Å². The van der Waals surface area contributed by atoms with Gasteiger partial charge in [0.15, 0.2) is 0 Å². The minimum absolute atomic E-state index is 0.0309. The molecule has 1 rings (SSSR count). The molecular weight excluding hydrogens is 246 g/mol. The molecule has 82 valence electrons. The molecule has 0 bridgehead atoms. The Bertz CT molecular complexity index is 396. The summed E-state index contributed by atoms with van der Waals surface area (Å²) in [6.07, 6.45) is 1.59. The summed E-state index contributed by atoms with van der Waals surface area (Å²) >= 11 is 5.53. The number of halogens is 3. The molecule has 1 aromatic rings. The van der Waals surface area contributed by atoms with Crippen LogP contribution in [0, 0.1) is 0 Å². The largest absolute Gasteiger partial charge is 0.266 e. The van der Waals surface area contributed by atoms with Crippen molar-refractivity contribution in [2.45, 2.75) is 11.4 Å². The van der Waals surface area contributed by atoms with Crippen molar-refractivity contribution in [2.75, 3.05) is 5.75 Å². The summed E-state index contributed by atoms with van der Waals surface area (Å²) in [5, 5.41) is 0.336. The lowest BCUT2D eigenvalue weighted by Gasteiger charge is -1.98. The van der Waals surface area contributed by atoms with E-state index in [1.807, 2.05) is 0 Å². The van der Waals surface area contributed by atoms with Crippen molar-refractivity contribution in [3.8, 4) is 0 Å². The van der Waals surface area contributed by atoms with Crippen LogP contribution in [0.3, 0.4) is 0 Å². The van der Waals surface area contributed by atoms with E-state index in [9.17, 15) is 13.0 Å². The molecule has 0 aromatic carbocycles. The predicted octanol–water partition coefficient (Wildman–Crippen LogP) is 2.41. The van der Waals surface area contributed by atoms with Crippen LogP contribution in [0.5, 0.6) is 0 Å². The van der Waals surface area contributed by atoms with Gasteiger partial charge in [0.2, 0.25) is 0 Å². The molecule has 1 heterocycles. The van der Waals surface area contributed by atoms with Gasteiger partial charge in [0.05, 0.1) is 23.2 Å². The maximum Gasteiger partial charge on any atom is 0.266 e. The molecule has 0 saturated heterocycles. The zero-order valence-corrected chi connectivity index (χ0v) is 9.06. The highest BCUT2D eigenvalue weighted by molar-refractivity contribution is 7.84. The normalized spacial score (nSPS) is 12.2. The highest BCUT2D eigenvalue weighted by atomic mass is 35.5. The fraction of sp³-hybridized carbons (Fsp3) is 0.250. The van der Waals surface area contributed by atoms with E-state index in [0.29, 0.717) is 0 Å². The second-order valence-electron chi connectivity index (χ2n) is 2.51. The lowest BCUT2D eigenvalue weighted by molar-refractivity contribution is 0.418. The Morgan fingerprint density at radius 3 is 2.87 bits per heavy atom. The molecule has 0 aliphatic rings. The monoisotopic (exact) mass is 252 g/mol. The van der Waals surface area contributed by atoms with Gasteiger partial charge in [0, 0.05) is 5.75 Å². The molecular formula is C8H7ClF2N2OS. The maximum absolute atomic E-state index is 11.7. The lowest BCUT2D eigenvalue weighted by Crippen LogP contribution is -2.00. The van der Waals surface area contributed by atoms with Gasteiger partial charge in [-0.2, -0.15) is 8.78 Å². The van der Waals surface area contributed by atoms with Crippen LogP contribution in [0.1, 0.15) is 6.42 Å². The molecule has 0 aliphatic carbocycles. The highest BCUT2D eigenvalue weighted by Crippen LogP contribution is 2.08. The molecule has 15 heavy (non-hydrogen) atoms. The van der Waals surface area contributed by atoms with Crippen molar-refractivity contribution >= 4 is 22.4 Å². The maximum atomic E-state index is 11.7.